The van der Waals surface area contributed by atoms with Crippen LogP contribution in [0.5, 0.6) is 0 Å². The molecule has 0 radical (unpaired) electrons. The standard InChI is InChI=1S/C17H18F3N5O2S/c1-16-13-4-10(5-15(13)23-24-22)14(16)8-25(28(16,26)27)11-3-2-9(7-21)12(6-11)17(18,19)20/h2-3,6,10,13-15,22H,4-5,8H2,1H3,(H-,26,27)/t10-,13+,14+,15+,16-/m1/s1. The maximum atomic E-state index is 13.5. The molecule has 1 aromatic rings. The van der Waals surface area contributed by atoms with E-state index in [1.54, 1.807) is 6.92 Å². The summed E-state index contributed by atoms with van der Waals surface area (Å²) in [6.07, 6.45) is -3.37. The molecule has 28 heavy (non-hydrogen) atoms. The Hall–Kier alpha value is -2.12. The molecule has 2 bridgehead atoms. The zero-order chi connectivity index (χ0) is 20.5. The van der Waals surface area contributed by atoms with Gasteiger partial charge in [0, 0.05) is 23.1 Å². The highest BCUT2D eigenvalue weighted by molar-refractivity contribution is 8.26. The average molecular weight is 413 g/mol. The highest BCUT2D eigenvalue weighted by Gasteiger charge is 2.68. The number of hydrogen-bond acceptors (Lipinski definition) is 6. The van der Waals surface area contributed by atoms with Crippen LogP contribution in [0.2, 0.25) is 0 Å². The van der Waals surface area contributed by atoms with Crippen LogP contribution in [-0.4, -0.2) is 26.4 Å². The molecule has 0 spiro atoms. The van der Waals surface area contributed by atoms with Crippen LogP contribution in [0.3, 0.4) is 0 Å². The van der Waals surface area contributed by atoms with Crippen LogP contribution in [0, 0.1) is 34.6 Å². The fraction of sp³-hybridized carbons (Fsp3) is 0.588. The number of nitriles is 1. The van der Waals surface area contributed by atoms with E-state index in [1.807, 2.05) is 0 Å². The minimum absolute atomic E-state index is 0.0208. The molecule has 1 unspecified atom stereocenters. The van der Waals surface area contributed by atoms with Crippen molar-refractivity contribution in [2.45, 2.75) is 36.7 Å². The lowest BCUT2D eigenvalue weighted by Crippen LogP contribution is -2.46. The van der Waals surface area contributed by atoms with Gasteiger partial charge < -0.3 is 13.4 Å². The van der Waals surface area contributed by atoms with E-state index in [0.717, 1.165) is 16.4 Å². The van der Waals surface area contributed by atoms with Gasteiger partial charge in [-0.2, -0.15) is 18.4 Å². The van der Waals surface area contributed by atoms with Crippen LogP contribution in [0.1, 0.15) is 30.9 Å². The van der Waals surface area contributed by atoms with Gasteiger partial charge in [-0.3, -0.25) is 10.8 Å². The van der Waals surface area contributed by atoms with Crippen LogP contribution in [0.15, 0.2) is 23.3 Å². The zero-order valence-electron chi connectivity index (χ0n) is 14.8. The molecule has 1 aromatic carbocycles. The van der Waals surface area contributed by atoms with E-state index in [1.165, 1.54) is 12.1 Å². The van der Waals surface area contributed by atoms with Gasteiger partial charge >= 0.3 is 6.18 Å². The summed E-state index contributed by atoms with van der Waals surface area (Å²) in [5, 5.41) is 12.9. The van der Waals surface area contributed by atoms with Crippen LogP contribution in [0.25, 0.3) is 0 Å². The van der Waals surface area contributed by atoms with E-state index in [4.69, 9.17) is 10.8 Å². The molecule has 7 nitrogen and oxygen atoms in total. The maximum absolute atomic E-state index is 13.5. The molecule has 1 saturated heterocycles. The van der Waals surface area contributed by atoms with Crippen molar-refractivity contribution in [3.8, 4) is 6.07 Å². The third kappa shape index (κ3) is 2.35. The van der Waals surface area contributed by atoms with E-state index in [0.29, 0.717) is 12.8 Å². The molecule has 2 saturated carbocycles. The summed E-state index contributed by atoms with van der Waals surface area (Å²) in [6.45, 7) is 1.87. The number of hydrogen-bond donors (Lipinski definition) is 2. The highest BCUT2D eigenvalue weighted by atomic mass is 32.3. The molecule has 0 aromatic heterocycles. The summed E-state index contributed by atoms with van der Waals surface area (Å²) < 4.78 is 64.7. The molecule has 2 N–H and O–H groups in total. The van der Waals surface area contributed by atoms with Gasteiger partial charge in [0.05, 0.1) is 22.9 Å². The fourth-order valence-corrected chi connectivity index (χ4v) is 8.00. The normalized spacial score (nSPS) is 41.1. The Morgan fingerprint density at radius 3 is 2.75 bits per heavy atom. The summed E-state index contributed by atoms with van der Waals surface area (Å²) in [6, 6.07) is 4.31. The SMILES string of the molecule is C[C@@]12[C@@H](CN(c3ccc(C#N)c(C(F)(F)F)c3)S1([O-])O)[C@H]1C[C@H](N=[N+]=N)[C@@H]2C1. The van der Waals surface area contributed by atoms with Gasteiger partial charge in [0.15, 0.2) is 0 Å². The van der Waals surface area contributed by atoms with Crippen molar-refractivity contribution < 1.29 is 22.3 Å². The molecular weight excluding hydrogens is 395 g/mol. The fourth-order valence-electron chi connectivity index (χ4n) is 5.45. The van der Waals surface area contributed by atoms with E-state index >= 15 is 0 Å². The number of nitrogens with one attached hydrogen (secondary N) is 1. The molecule has 2 aliphatic carbocycles. The Balaban J connectivity index is 1.77. The van der Waals surface area contributed by atoms with Crippen molar-refractivity contribution in [1.82, 2.24) is 4.91 Å². The summed E-state index contributed by atoms with van der Waals surface area (Å²) in [4.78, 5) is 3.10. The molecule has 3 aliphatic rings. The second-order valence-electron chi connectivity index (χ2n) is 7.81. The van der Waals surface area contributed by atoms with Crippen LogP contribution in [0.4, 0.5) is 18.9 Å². The first-order chi connectivity index (χ1) is 13.1. The smallest absolute Gasteiger partial charge is 0.417 e. The first kappa shape index (κ1) is 19.2. The minimum Gasteiger partial charge on any atom is -0.750 e. The van der Waals surface area contributed by atoms with Gasteiger partial charge in [-0.05, 0) is 43.9 Å². The molecule has 1 aliphatic heterocycles. The summed E-state index contributed by atoms with van der Waals surface area (Å²) in [5.74, 6) is -0.291. The van der Waals surface area contributed by atoms with Gasteiger partial charge in [0.25, 0.3) is 0 Å². The summed E-state index contributed by atoms with van der Waals surface area (Å²) in [7, 11) is -3.71. The first-order valence-electron chi connectivity index (χ1n) is 8.77. The lowest BCUT2D eigenvalue weighted by atomic mass is 9.77. The molecule has 3 fully saturated rings. The zero-order valence-corrected chi connectivity index (χ0v) is 15.7. The number of fused-ring (bicyclic) bond motifs is 5. The molecule has 1 heterocycles. The topological polar surface area (TPSA) is 121 Å². The molecule has 150 valence electrons. The van der Waals surface area contributed by atoms with E-state index < -0.39 is 32.8 Å². The molecule has 11 heteroatoms. The molecular formula is C17H18F3N5O2S. The first-order valence-corrected chi connectivity index (χ1v) is 10.2. The van der Waals surface area contributed by atoms with E-state index in [9.17, 15) is 22.3 Å². The van der Waals surface area contributed by atoms with Crippen molar-refractivity contribution in [2.24, 2.45) is 22.9 Å². The molecule has 6 atom stereocenters. The van der Waals surface area contributed by atoms with E-state index in [2.05, 4.69) is 10.0 Å². The Bertz CT molecular complexity index is 926. The van der Waals surface area contributed by atoms with Crippen molar-refractivity contribution in [3.05, 3.63) is 29.3 Å². The quantitative estimate of drug-likeness (QED) is 0.561. The monoisotopic (exact) mass is 413 g/mol. The average Bonchev–Trinajstić information content (AvgIpc) is 3.22. The van der Waals surface area contributed by atoms with Crippen LogP contribution < -0.4 is 9.22 Å². The van der Waals surface area contributed by atoms with Gasteiger partial charge in [-0.25, -0.2) is 0 Å². The Morgan fingerprint density at radius 1 is 1.43 bits per heavy atom. The Morgan fingerprint density at radius 2 is 2.14 bits per heavy atom. The van der Waals surface area contributed by atoms with Gasteiger partial charge in [-0.1, -0.05) is 0 Å². The van der Waals surface area contributed by atoms with Crippen LogP contribution >= 0.6 is 10.8 Å². The molecule has 4 rings (SSSR count). The lowest BCUT2D eigenvalue weighted by molar-refractivity contribution is -0.137. The van der Waals surface area contributed by atoms with Crippen molar-refractivity contribution in [2.75, 3.05) is 10.8 Å². The van der Waals surface area contributed by atoms with Crippen molar-refractivity contribution >= 4 is 16.5 Å². The number of nitrogens with zero attached hydrogens (tertiary/aromatic N) is 4. The summed E-state index contributed by atoms with van der Waals surface area (Å²) >= 11 is 0. The molecule has 0 amide bonds. The predicted octanol–water partition coefficient (Wildman–Crippen LogP) is 4.05. The largest absolute Gasteiger partial charge is 0.750 e. The Kier molecular flexibility index (Phi) is 4.07. The second-order valence-corrected chi connectivity index (χ2v) is 10.1. The maximum Gasteiger partial charge on any atom is 0.417 e. The van der Waals surface area contributed by atoms with Gasteiger partial charge in [0.2, 0.25) is 4.91 Å². The van der Waals surface area contributed by atoms with Gasteiger partial charge in [-0.15, -0.1) is 0 Å². The third-order valence-corrected chi connectivity index (χ3v) is 9.47. The number of rotatable bonds is 2. The van der Waals surface area contributed by atoms with Crippen LogP contribution in [-0.2, 0) is 6.18 Å². The minimum atomic E-state index is -4.74. The highest BCUT2D eigenvalue weighted by Crippen LogP contribution is 2.76. The van der Waals surface area contributed by atoms with E-state index in [-0.39, 0.29) is 36.0 Å². The predicted molar refractivity (Wildman–Crippen MR) is 93.7 cm³/mol. The Labute approximate surface area is 160 Å². The lowest BCUT2D eigenvalue weighted by Gasteiger charge is -2.61. The summed E-state index contributed by atoms with van der Waals surface area (Å²) in [5.41, 5.74) is 5.31. The second kappa shape index (κ2) is 5.94. The van der Waals surface area contributed by atoms with Gasteiger partial charge in [0.1, 0.15) is 16.7 Å². The van der Waals surface area contributed by atoms with Crippen molar-refractivity contribution in [3.63, 3.8) is 0 Å². The third-order valence-electron chi connectivity index (χ3n) is 6.76. The van der Waals surface area contributed by atoms with Crippen molar-refractivity contribution in [1.29, 1.82) is 10.8 Å². The number of anilines is 1. The number of halogens is 3. The number of benzene rings is 1. The number of alkyl halides is 3.